The van der Waals surface area contributed by atoms with E-state index in [0.717, 1.165) is 4.88 Å². The molecule has 0 unspecified atom stereocenters. The first-order valence-corrected chi connectivity index (χ1v) is 7.27. The summed E-state index contributed by atoms with van der Waals surface area (Å²) in [5.74, 6) is -1.96. The van der Waals surface area contributed by atoms with Crippen LogP contribution < -0.4 is 5.32 Å². The summed E-state index contributed by atoms with van der Waals surface area (Å²) in [5.41, 5.74) is 0.0702. The van der Waals surface area contributed by atoms with Gasteiger partial charge in [-0.15, -0.1) is 11.3 Å². The molecule has 110 valence electrons. The van der Waals surface area contributed by atoms with Crippen LogP contribution >= 0.6 is 22.9 Å². The van der Waals surface area contributed by atoms with E-state index in [-0.39, 0.29) is 21.9 Å². The number of benzene rings is 1. The molecular weight excluding hydrogens is 314 g/mol. The Labute approximate surface area is 129 Å². The summed E-state index contributed by atoms with van der Waals surface area (Å²) in [7, 11) is 0. The van der Waals surface area contributed by atoms with Crippen molar-refractivity contribution in [3.63, 3.8) is 0 Å². The van der Waals surface area contributed by atoms with Gasteiger partial charge >= 0.3 is 5.97 Å². The van der Waals surface area contributed by atoms with Crippen molar-refractivity contribution in [2.75, 3.05) is 5.32 Å². The third-order valence-corrected chi connectivity index (χ3v) is 4.22. The van der Waals surface area contributed by atoms with E-state index in [1.165, 1.54) is 35.6 Å². The summed E-state index contributed by atoms with van der Waals surface area (Å²) in [6.07, 6.45) is 0.674. The van der Waals surface area contributed by atoms with E-state index in [2.05, 4.69) is 5.32 Å². The van der Waals surface area contributed by atoms with Gasteiger partial charge in [0.15, 0.2) is 0 Å². The number of aromatic carboxylic acids is 1. The van der Waals surface area contributed by atoms with Gasteiger partial charge in [-0.2, -0.15) is 0 Å². The predicted molar refractivity (Wildman–Crippen MR) is 81.7 cm³/mol. The first-order chi connectivity index (χ1) is 9.92. The van der Waals surface area contributed by atoms with Crippen LogP contribution in [0.4, 0.5) is 5.00 Å². The van der Waals surface area contributed by atoms with Gasteiger partial charge in [-0.3, -0.25) is 4.79 Å². The van der Waals surface area contributed by atoms with Crippen LogP contribution in [0, 0.1) is 0 Å². The molecule has 0 aliphatic carbocycles. The number of halogens is 1. The average molecular weight is 326 g/mol. The zero-order valence-electron chi connectivity index (χ0n) is 11.0. The van der Waals surface area contributed by atoms with Crippen LogP contribution in [0.15, 0.2) is 24.3 Å². The van der Waals surface area contributed by atoms with Gasteiger partial charge in [0.1, 0.15) is 10.8 Å². The van der Waals surface area contributed by atoms with Gasteiger partial charge in [0.05, 0.1) is 11.1 Å². The van der Waals surface area contributed by atoms with Crippen molar-refractivity contribution in [1.29, 1.82) is 0 Å². The molecule has 0 saturated carbocycles. The van der Waals surface area contributed by atoms with Gasteiger partial charge in [-0.25, -0.2) is 4.79 Å². The van der Waals surface area contributed by atoms with E-state index in [4.69, 9.17) is 16.7 Å². The highest BCUT2D eigenvalue weighted by molar-refractivity contribution is 7.16. The largest absolute Gasteiger partial charge is 0.507 e. The maximum absolute atomic E-state index is 12.1. The summed E-state index contributed by atoms with van der Waals surface area (Å²) in [5, 5.41) is 21.9. The highest BCUT2D eigenvalue weighted by Gasteiger charge is 2.19. The van der Waals surface area contributed by atoms with Crippen LogP contribution in [0.2, 0.25) is 5.02 Å². The molecule has 0 saturated heterocycles. The molecule has 1 aromatic carbocycles. The monoisotopic (exact) mass is 325 g/mol. The van der Waals surface area contributed by atoms with Crippen molar-refractivity contribution >= 4 is 39.8 Å². The number of carboxylic acids is 1. The van der Waals surface area contributed by atoms with Crippen LogP contribution in [0.3, 0.4) is 0 Å². The number of carboxylic acid groups (broad SMARTS) is 1. The van der Waals surface area contributed by atoms with Crippen molar-refractivity contribution in [2.24, 2.45) is 0 Å². The Bertz CT molecular complexity index is 711. The van der Waals surface area contributed by atoms with E-state index in [1.807, 2.05) is 6.92 Å². The molecule has 1 heterocycles. The van der Waals surface area contributed by atoms with Gasteiger partial charge in [-0.1, -0.05) is 18.5 Å². The van der Waals surface area contributed by atoms with E-state index in [0.29, 0.717) is 11.4 Å². The lowest BCUT2D eigenvalue weighted by atomic mass is 10.2. The lowest BCUT2D eigenvalue weighted by Gasteiger charge is -2.06. The predicted octanol–water partition coefficient (Wildman–Crippen LogP) is 3.62. The Morgan fingerprint density at radius 3 is 2.57 bits per heavy atom. The highest BCUT2D eigenvalue weighted by Crippen LogP contribution is 2.30. The third-order valence-electron chi connectivity index (χ3n) is 2.79. The molecule has 1 amide bonds. The van der Waals surface area contributed by atoms with E-state index >= 15 is 0 Å². The number of amides is 1. The molecule has 1 aromatic heterocycles. The van der Waals surface area contributed by atoms with Crippen molar-refractivity contribution in [3.05, 3.63) is 45.3 Å². The summed E-state index contributed by atoms with van der Waals surface area (Å²) < 4.78 is 0. The molecule has 0 fully saturated rings. The second-order valence-corrected chi connectivity index (χ2v) is 5.80. The van der Waals surface area contributed by atoms with Crippen LogP contribution in [0.1, 0.15) is 32.5 Å². The molecule has 0 bridgehead atoms. The molecule has 0 aliphatic heterocycles. The molecule has 7 heteroatoms. The molecule has 5 nitrogen and oxygen atoms in total. The lowest BCUT2D eigenvalue weighted by molar-refractivity contribution is 0.0698. The first-order valence-electron chi connectivity index (χ1n) is 6.08. The number of carbonyl (C=O) groups excluding carboxylic acids is 1. The Balaban J connectivity index is 2.31. The lowest BCUT2D eigenvalue weighted by Crippen LogP contribution is -2.13. The molecule has 2 aromatic rings. The fraction of sp³-hybridized carbons (Fsp3) is 0.143. The molecule has 0 spiro atoms. The molecular formula is C14H12ClNO4S. The minimum Gasteiger partial charge on any atom is -0.507 e. The number of carbonyl (C=O) groups is 2. The smallest absolute Gasteiger partial charge is 0.338 e. The zero-order chi connectivity index (χ0) is 15.6. The van der Waals surface area contributed by atoms with Crippen LogP contribution in [0.5, 0.6) is 5.75 Å². The van der Waals surface area contributed by atoms with Crippen molar-refractivity contribution < 1.29 is 19.8 Å². The van der Waals surface area contributed by atoms with Gasteiger partial charge in [-0.05, 0) is 30.7 Å². The average Bonchev–Trinajstić information content (AvgIpc) is 2.81. The minimum atomic E-state index is -1.11. The number of hydrogen-bond donors (Lipinski definition) is 3. The van der Waals surface area contributed by atoms with Gasteiger partial charge < -0.3 is 15.5 Å². The van der Waals surface area contributed by atoms with Crippen LogP contribution in [-0.4, -0.2) is 22.1 Å². The number of anilines is 1. The number of phenols is 1. The standard InChI is InChI=1S/C14H12ClNO4S/c1-2-8-6-10(14(19)20)13(21-8)16-12(18)9-4-3-7(15)5-11(9)17/h3-6,17H,2H2,1H3,(H,16,18)(H,19,20). The number of thiophene rings is 1. The third kappa shape index (κ3) is 3.34. The number of aryl methyl sites for hydroxylation is 1. The number of hydrogen-bond acceptors (Lipinski definition) is 4. The van der Waals surface area contributed by atoms with E-state index in [1.54, 1.807) is 0 Å². The Morgan fingerprint density at radius 1 is 1.29 bits per heavy atom. The Kier molecular flexibility index (Phi) is 4.50. The summed E-state index contributed by atoms with van der Waals surface area (Å²) in [6.45, 7) is 1.90. The van der Waals surface area contributed by atoms with Crippen molar-refractivity contribution in [1.82, 2.24) is 0 Å². The maximum Gasteiger partial charge on any atom is 0.338 e. The SMILES string of the molecule is CCc1cc(C(=O)O)c(NC(=O)c2ccc(Cl)cc2O)s1. The summed E-state index contributed by atoms with van der Waals surface area (Å²) >= 11 is 6.90. The molecule has 21 heavy (non-hydrogen) atoms. The number of aromatic hydroxyl groups is 1. The van der Waals surface area contributed by atoms with Crippen LogP contribution in [-0.2, 0) is 6.42 Å². The Hall–Kier alpha value is -2.05. The topological polar surface area (TPSA) is 86.6 Å². The maximum atomic E-state index is 12.1. The van der Waals surface area contributed by atoms with Gasteiger partial charge in [0.2, 0.25) is 0 Å². The van der Waals surface area contributed by atoms with Gasteiger partial charge in [0, 0.05) is 9.90 Å². The molecule has 0 atom stereocenters. The molecule has 0 aliphatic rings. The fourth-order valence-corrected chi connectivity index (χ4v) is 2.88. The molecule has 0 radical (unpaired) electrons. The molecule has 2 rings (SSSR count). The number of nitrogens with one attached hydrogen (secondary N) is 1. The zero-order valence-corrected chi connectivity index (χ0v) is 12.6. The van der Waals surface area contributed by atoms with Crippen molar-refractivity contribution in [2.45, 2.75) is 13.3 Å². The quantitative estimate of drug-likeness (QED) is 0.801. The number of phenolic OH excluding ortho intramolecular Hbond substituents is 1. The molecule has 3 N–H and O–H groups in total. The second kappa shape index (κ2) is 6.15. The summed E-state index contributed by atoms with van der Waals surface area (Å²) in [6, 6.07) is 5.63. The fourth-order valence-electron chi connectivity index (χ4n) is 1.74. The van der Waals surface area contributed by atoms with Crippen molar-refractivity contribution in [3.8, 4) is 5.75 Å². The van der Waals surface area contributed by atoms with E-state index in [9.17, 15) is 14.7 Å². The minimum absolute atomic E-state index is 0.0298. The second-order valence-electron chi connectivity index (χ2n) is 4.23. The normalized spacial score (nSPS) is 10.4. The van der Waals surface area contributed by atoms with Crippen LogP contribution in [0.25, 0.3) is 0 Å². The number of rotatable bonds is 4. The highest BCUT2D eigenvalue weighted by atomic mass is 35.5. The Morgan fingerprint density at radius 2 is 2.00 bits per heavy atom. The summed E-state index contributed by atoms with van der Waals surface area (Å²) in [4.78, 5) is 24.1. The first kappa shape index (κ1) is 15.3. The van der Waals surface area contributed by atoms with Gasteiger partial charge in [0.25, 0.3) is 5.91 Å². The van der Waals surface area contributed by atoms with E-state index < -0.39 is 11.9 Å².